The molecule has 0 radical (unpaired) electrons. The van der Waals surface area contributed by atoms with Gasteiger partial charge >= 0.3 is 0 Å². The number of hydrogen-bond acceptors (Lipinski definition) is 2. The molecule has 0 aliphatic heterocycles. The Bertz CT molecular complexity index is 377. The third-order valence-electron chi connectivity index (χ3n) is 1.81. The van der Waals surface area contributed by atoms with Gasteiger partial charge in [0.05, 0.1) is 6.61 Å². The number of carbonyl (C=O) groups is 1. The zero-order chi connectivity index (χ0) is 11.4. The van der Waals surface area contributed by atoms with Crippen LogP contribution in [0.3, 0.4) is 0 Å². The van der Waals surface area contributed by atoms with Crippen LogP contribution >= 0.6 is 15.9 Å². The summed E-state index contributed by atoms with van der Waals surface area (Å²) in [6, 6.07) is 3.03. The summed E-state index contributed by atoms with van der Waals surface area (Å²) in [6.07, 6.45) is 0.186. The molecule has 0 unspecified atom stereocenters. The molecular formula is C11H12BrFO2. The number of ketones is 1. The second-order valence-electron chi connectivity index (χ2n) is 3.19. The second-order valence-corrected chi connectivity index (χ2v) is 4.10. The maximum Gasteiger partial charge on any atom is 0.166 e. The standard InChI is InChI=1S/C11H12BrFO2/c1-3-15-11-8(4-7(2)14)5-9(12)6-10(11)13/h5-6H,3-4H2,1-2H3. The van der Waals surface area contributed by atoms with Crippen LogP contribution in [0.15, 0.2) is 16.6 Å². The second kappa shape index (κ2) is 5.26. The van der Waals surface area contributed by atoms with Crippen molar-refractivity contribution in [2.75, 3.05) is 6.61 Å². The van der Waals surface area contributed by atoms with Gasteiger partial charge in [0, 0.05) is 16.5 Å². The molecule has 1 aromatic carbocycles. The number of hydrogen-bond donors (Lipinski definition) is 0. The monoisotopic (exact) mass is 274 g/mol. The SMILES string of the molecule is CCOc1c(F)cc(Br)cc1CC(C)=O. The van der Waals surface area contributed by atoms with Crippen LogP contribution in [-0.2, 0) is 11.2 Å². The third kappa shape index (κ3) is 3.30. The lowest BCUT2D eigenvalue weighted by Crippen LogP contribution is -2.03. The van der Waals surface area contributed by atoms with Gasteiger partial charge in [-0.2, -0.15) is 0 Å². The Morgan fingerprint density at radius 1 is 1.53 bits per heavy atom. The molecule has 2 nitrogen and oxygen atoms in total. The van der Waals surface area contributed by atoms with Gasteiger partial charge in [-0.15, -0.1) is 0 Å². The lowest BCUT2D eigenvalue weighted by molar-refractivity contribution is -0.116. The Labute approximate surface area is 96.6 Å². The van der Waals surface area contributed by atoms with Crippen molar-refractivity contribution in [2.45, 2.75) is 20.3 Å². The van der Waals surface area contributed by atoms with Crippen molar-refractivity contribution >= 4 is 21.7 Å². The smallest absolute Gasteiger partial charge is 0.166 e. The Morgan fingerprint density at radius 3 is 2.73 bits per heavy atom. The molecule has 0 aromatic heterocycles. The minimum absolute atomic E-state index is 0.0200. The van der Waals surface area contributed by atoms with Crippen LogP contribution in [0.1, 0.15) is 19.4 Å². The van der Waals surface area contributed by atoms with Crippen molar-refractivity contribution in [3.8, 4) is 5.75 Å². The first-order valence-electron chi connectivity index (χ1n) is 4.64. The fraction of sp³-hybridized carbons (Fsp3) is 0.364. The van der Waals surface area contributed by atoms with Gasteiger partial charge in [-0.25, -0.2) is 4.39 Å². The van der Waals surface area contributed by atoms with Crippen molar-refractivity contribution in [2.24, 2.45) is 0 Å². The summed E-state index contributed by atoms with van der Waals surface area (Å²) in [5.74, 6) is -0.285. The first kappa shape index (κ1) is 12.2. The summed E-state index contributed by atoms with van der Waals surface area (Å²) >= 11 is 3.18. The van der Waals surface area contributed by atoms with E-state index in [1.807, 2.05) is 0 Å². The highest BCUT2D eigenvalue weighted by Gasteiger charge is 2.12. The quantitative estimate of drug-likeness (QED) is 0.843. The molecule has 0 aliphatic rings. The summed E-state index contributed by atoms with van der Waals surface area (Å²) in [7, 11) is 0. The lowest BCUT2D eigenvalue weighted by atomic mass is 10.1. The van der Waals surface area contributed by atoms with Crippen LogP contribution in [0.2, 0.25) is 0 Å². The highest BCUT2D eigenvalue weighted by molar-refractivity contribution is 9.10. The number of halogens is 2. The predicted octanol–water partition coefficient (Wildman–Crippen LogP) is 3.12. The average Bonchev–Trinajstić information content (AvgIpc) is 2.10. The number of benzene rings is 1. The van der Waals surface area contributed by atoms with Crippen LogP contribution in [0.25, 0.3) is 0 Å². The van der Waals surface area contributed by atoms with Gasteiger partial charge in [-0.05, 0) is 26.0 Å². The van der Waals surface area contributed by atoms with Gasteiger partial charge in [0.15, 0.2) is 11.6 Å². The van der Waals surface area contributed by atoms with E-state index in [1.165, 1.54) is 13.0 Å². The van der Waals surface area contributed by atoms with Crippen molar-refractivity contribution in [1.29, 1.82) is 0 Å². The van der Waals surface area contributed by atoms with Crippen LogP contribution in [-0.4, -0.2) is 12.4 Å². The maximum absolute atomic E-state index is 13.5. The fourth-order valence-electron chi connectivity index (χ4n) is 1.32. The summed E-state index contributed by atoms with van der Waals surface area (Å²) in [5, 5.41) is 0. The molecule has 0 N–H and O–H groups in total. The van der Waals surface area contributed by atoms with Crippen molar-refractivity contribution < 1.29 is 13.9 Å². The molecule has 0 amide bonds. The lowest BCUT2D eigenvalue weighted by Gasteiger charge is -2.10. The van der Waals surface area contributed by atoms with Crippen LogP contribution in [0.4, 0.5) is 4.39 Å². The van der Waals surface area contributed by atoms with Gasteiger partial charge in [0.1, 0.15) is 5.78 Å². The molecule has 4 heteroatoms. The molecule has 0 atom stereocenters. The van der Waals surface area contributed by atoms with E-state index >= 15 is 0 Å². The molecule has 15 heavy (non-hydrogen) atoms. The number of Topliss-reactive ketones (excluding diaryl/α,β-unsaturated/α-hetero) is 1. The summed E-state index contributed by atoms with van der Waals surface area (Å²) in [5.41, 5.74) is 0.580. The van der Waals surface area contributed by atoms with E-state index in [0.717, 1.165) is 0 Å². The zero-order valence-corrected chi connectivity index (χ0v) is 10.2. The Morgan fingerprint density at radius 2 is 2.20 bits per heavy atom. The molecule has 0 heterocycles. The molecule has 82 valence electrons. The zero-order valence-electron chi connectivity index (χ0n) is 8.64. The highest BCUT2D eigenvalue weighted by Crippen LogP contribution is 2.27. The van der Waals surface area contributed by atoms with Crippen LogP contribution in [0.5, 0.6) is 5.75 Å². The van der Waals surface area contributed by atoms with E-state index in [4.69, 9.17) is 4.74 Å². The van der Waals surface area contributed by atoms with E-state index in [2.05, 4.69) is 15.9 Å². The highest BCUT2D eigenvalue weighted by atomic mass is 79.9. The molecule has 0 fully saturated rings. The van der Waals surface area contributed by atoms with E-state index in [1.54, 1.807) is 13.0 Å². The molecule has 0 saturated heterocycles. The van der Waals surface area contributed by atoms with E-state index < -0.39 is 5.82 Å². The Balaban J connectivity index is 3.13. The van der Waals surface area contributed by atoms with Crippen LogP contribution in [0, 0.1) is 5.82 Å². The van der Waals surface area contributed by atoms with Crippen molar-refractivity contribution in [3.05, 3.63) is 28.0 Å². The van der Waals surface area contributed by atoms with E-state index in [0.29, 0.717) is 16.6 Å². The molecular weight excluding hydrogens is 263 g/mol. The summed E-state index contributed by atoms with van der Waals surface area (Å²) < 4.78 is 19.3. The van der Waals surface area contributed by atoms with Gasteiger partial charge in [-0.1, -0.05) is 15.9 Å². The minimum Gasteiger partial charge on any atom is -0.491 e. The molecule has 1 aromatic rings. The normalized spacial score (nSPS) is 10.1. The first-order valence-corrected chi connectivity index (χ1v) is 5.44. The molecule has 0 saturated carbocycles. The number of rotatable bonds is 4. The maximum atomic E-state index is 13.5. The Hall–Kier alpha value is -0.900. The molecule has 0 aliphatic carbocycles. The summed E-state index contributed by atoms with van der Waals surface area (Å²) in [6.45, 7) is 3.62. The largest absolute Gasteiger partial charge is 0.491 e. The topological polar surface area (TPSA) is 26.3 Å². The molecule has 0 spiro atoms. The van der Waals surface area contributed by atoms with E-state index in [-0.39, 0.29) is 18.0 Å². The van der Waals surface area contributed by atoms with E-state index in [9.17, 15) is 9.18 Å². The molecule has 0 bridgehead atoms. The van der Waals surface area contributed by atoms with Gasteiger partial charge < -0.3 is 4.74 Å². The number of carbonyl (C=O) groups excluding carboxylic acids is 1. The Kier molecular flexibility index (Phi) is 4.27. The minimum atomic E-state index is -0.442. The fourth-order valence-corrected chi connectivity index (χ4v) is 1.80. The first-order chi connectivity index (χ1) is 7.04. The predicted molar refractivity (Wildman–Crippen MR) is 59.7 cm³/mol. The average molecular weight is 275 g/mol. The van der Waals surface area contributed by atoms with Crippen molar-refractivity contribution in [3.63, 3.8) is 0 Å². The molecule has 1 rings (SSSR count). The van der Waals surface area contributed by atoms with Gasteiger partial charge in [-0.3, -0.25) is 4.79 Å². The summed E-state index contributed by atoms with van der Waals surface area (Å²) in [4.78, 5) is 11.0. The van der Waals surface area contributed by atoms with Gasteiger partial charge in [0.2, 0.25) is 0 Å². The number of ether oxygens (including phenoxy) is 1. The van der Waals surface area contributed by atoms with Gasteiger partial charge in [0.25, 0.3) is 0 Å². The third-order valence-corrected chi connectivity index (χ3v) is 2.27. The van der Waals surface area contributed by atoms with Crippen molar-refractivity contribution in [1.82, 2.24) is 0 Å². The van der Waals surface area contributed by atoms with Crippen LogP contribution < -0.4 is 4.74 Å².